The number of hydrogen-bond donors (Lipinski definition) is 2. The number of nitrogens with one attached hydrogen (secondary N) is 2. The van der Waals surface area contributed by atoms with Gasteiger partial charge in [0, 0.05) is 38.4 Å². The van der Waals surface area contributed by atoms with Crippen molar-refractivity contribution in [1.29, 1.82) is 0 Å². The molecule has 0 aromatic heterocycles. The van der Waals surface area contributed by atoms with Crippen molar-refractivity contribution in [1.82, 2.24) is 10.6 Å². The van der Waals surface area contributed by atoms with Crippen LogP contribution in [-0.2, 0) is 14.2 Å². The minimum absolute atomic E-state index is 0.521. The minimum Gasteiger partial charge on any atom is -0.380 e. The topological polar surface area (TPSA) is 51.8 Å². The van der Waals surface area contributed by atoms with Crippen molar-refractivity contribution in [3.05, 3.63) is 0 Å². The Labute approximate surface area is 169 Å². The largest absolute Gasteiger partial charge is 0.380 e. The third kappa shape index (κ3) is 22.0. The fraction of sp³-hybridized carbons (Fsp3) is 1.00. The van der Waals surface area contributed by atoms with Crippen molar-refractivity contribution in [3.63, 3.8) is 0 Å². The van der Waals surface area contributed by atoms with E-state index in [-0.39, 0.29) is 0 Å². The third-order valence-electron chi connectivity index (χ3n) is 4.60. The van der Waals surface area contributed by atoms with E-state index in [1.807, 2.05) is 0 Å². The van der Waals surface area contributed by atoms with Gasteiger partial charge in [0.2, 0.25) is 0 Å². The zero-order chi connectivity index (χ0) is 20.3. The Morgan fingerprint density at radius 2 is 1.11 bits per heavy atom. The lowest BCUT2D eigenvalue weighted by Gasteiger charge is -2.17. The fourth-order valence-corrected chi connectivity index (χ4v) is 2.61. The Morgan fingerprint density at radius 3 is 1.74 bits per heavy atom. The molecule has 0 spiro atoms. The van der Waals surface area contributed by atoms with Gasteiger partial charge >= 0.3 is 0 Å². The average Bonchev–Trinajstić information content (AvgIpc) is 2.60. The molecule has 0 rings (SSSR count). The molecule has 0 fully saturated rings. The summed E-state index contributed by atoms with van der Waals surface area (Å²) < 4.78 is 16.9. The quantitative estimate of drug-likeness (QED) is 0.310. The van der Waals surface area contributed by atoms with E-state index in [0.29, 0.717) is 31.2 Å². The Hall–Kier alpha value is -0.200. The molecule has 0 aliphatic carbocycles. The van der Waals surface area contributed by atoms with E-state index in [2.05, 4.69) is 52.2 Å². The first kappa shape index (κ1) is 26.8. The molecule has 5 heteroatoms. The maximum atomic E-state index is 5.68. The van der Waals surface area contributed by atoms with E-state index in [1.165, 1.54) is 12.8 Å². The van der Waals surface area contributed by atoms with Crippen LogP contribution < -0.4 is 10.6 Å². The second-order valence-electron chi connectivity index (χ2n) is 8.45. The molecule has 0 heterocycles. The molecule has 27 heavy (non-hydrogen) atoms. The zero-order valence-electron chi connectivity index (χ0n) is 19.0. The molecule has 0 amide bonds. The van der Waals surface area contributed by atoms with Crippen molar-refractivity contribution in [3.8, 4) is 0 Å². The van der Waals surface area contributed by atoms with Crippen LogP contribution in [0, 0.1) is 11.8 Å². The molecule has 0 saturated heterocycles. The molecule has 2 N–H and O–H groups in total. The Balaban J connectivity index is 3.33. The molecule has 0 aliphatic heterocycles. The molecule has 0 bridgehead atoms. The molecule has 0 radical (unpaired) electrons. The van der Waals surface area contributed by atoms with Gasteiger partial charge < -0.3 is 24.8 Å². The van der Waals surface area contributed by atoms with Crippen LogP contribution in [0.5, 0.6) is 0 Å². The Morgan fingerprint density at radius 1 is 0.556 bits per heavy atom. The number of ether oxygens (including phenoxy) is 3. The zero-order valence-corrected chi connectivity index (χ0v) is 19.0. The standard InChI is InChI=1S/C22H48N2O3/c1-19(2)9-13-25-16-12-24-22(6)8-7-21(5)10-14-26-17-18-27-15-11-23-20(3)4/h19-24H,7-18H2,1-6H3. The summed E-state index contributed by atoms with van der Waals surface area (Å²) in [6.45, 7) is 19.9. The smallest absolute Gasteiger partial charge is 0.0701 e. The van der Waals surface area contributed by atoms with Crippen LogP contribution in [0.25, 0.3) is 0 Å². The van der Waals surface area contributed by atoms with Crippen LogP contribution in [0.1, 0.15) is 67.2 Å². The van der Waals surface area contributed by atoms with Gasteiger partial charge in [-0.1, -0.05) is 34.6 Å². The summed E-state index contributed by atoms with van der Waals surface area (Å²) in [7, 11) is 0. The molecule has 2 unspecified atom stereocenters. The van der Waals surface area contributed by atoms with Gasteiger partial charge in [0.1, 0.15) is 0 Å². The summed E-state index contributed by atoms with van der Waals surface area (Å²) in [4.78, 5) is 0. The van der Waals surface area contributed by atoms with Crippen LogP contribution in [0.3, 0.4) is 0 Å². The molecule has 0 aromatic rings. The van der Waals surface area contributed by atoms with Crippen molar-refractivity contribution >= 4 is 0 Å². The highest BCUT2D eigenvalue weighted by Gasteiger charge is 2.06. The third-order valence-corrected chi connectivity index (χ3v) is 4.60. The first-order valence-corrected chi connectivity index (χ1v) is 11.1. The van der Waals surface area contributed by atoms with Crippen LogP contribution >= 0.6 is 0 Å². The van der Waals surface area contributed by atoms with E-state index in [1.54, 1.807) is 0 Å². The lowest BCUT2D eigenvalue weighted by Crippen LogP contribution is -2.30. The maximum Gasteiger partial charge on any atom is 0.0701 e. The molecule has 164 valence electrons. The highest BCUT2D eigenvalue weighted by molar-refractivity contribution is 4.63. The summed E-state index contributed by atoms with van der Waals surface area (Å²) in [5.41, 5.74) is 0. The normalized spacial score (nSPS) is 14.2. The molecule has 0 aliphatic rings. The summed E-state index contributed by atoms with van der Waals surface area (Å²) in [5.74, 6) is 1.43. The Kier molecular flexibility index (Phi) is 19.0. The van der Waals surface area contributed by atoms with E-state index >= 15 is 0 Å². The van der Waals surface area contributed by atoms with Crippen LogP contribution in [0.2, 0.25) is 0 Å². The van der Waals surface area contributed by atoms with Crippen molar-refractivity contribution in [2.75, 3.05) is 52.7 Å². The van der Waals surface area contributed by atoms with E-state index in [0.717, 1.165) is 58.3 Å². The molecule has 5 nitrogen and oxygen atoms in total. The van der Waals surface area contributed by atoms with Crippen LogP contribution in [0.15, 0.2) is 0 Å². The van der Waals surface area contributed by atoms with Gasteiger partial charge in [-0.05, 0) is 44.4 Å². The van der Waals surface area contributed by atoms with E-state index in [4.69, 9.17) is 14.2 Å². The van der Waals surface area contributed by atoms with Gasteiger partial charge in [-0.3, -0.25) is 0 Å². The molecular weight excluding hydrogens is 340 g/mol. The molecule has 0 saturated carbocycles. The summed E-state index contributed by atoms with van der Waals surface area (Å²) in [5, 5.41) is 6.89. The molecular formula is C22H48N2O3. The van der Waals surface area contributed by atoms with Gasteiger partial charge in [-0.25, -0.2) is 0 Å². The molecule has 0 aromatic carbocycles. The highest BCUT2D eigenvalue weighted by Crippen LogP contribution is 2.12. The number of rotatable bonds is 20. The average molecular weight is 389 g/mol. The predicted octanol–water partition coefficient (Wildman–Crippen LogP) is 3.86. The summed E-state index contributed by atoms with van der Waals surface area (Å²) in [6, 6.07) is 1.07. The summed E-state index contributed by atoms with van der Waals surface area (Å²) in [6.07, 6.45) is 4.72. The minimum atomic E-state index is 0.521. The van der Waals surface area contributed by atoms with E-state index < -0.39 is 0 Å². The van der Waals surface area contributed by atoms with Gasteiger partial charge in [0.05, 0.1) is 26.4 Å². The number of hydrogen-bond acceptors (Lipinski definition) is 5. The molecule has 2 atom stereocenters. The first-order valence-electron chi connectivity index (χ1n) is 11.1. The van der Waals surface area contributed by atoms with Gasteiger partial charge in [-0.15, -0.1) is 0 Å². The van der Waals surface area contributed by atoms with Crippen molar-refractivity contribution < 1.29 is 14.2 Å². The predicted molar refractivity (Wildman–Crippen MR) is 116 cm³/mol. The SMILES string of the molecule is CC(C)CCOCCNC(C)CCC(C)CCOCCOCCNC(C)C. The van der Waals surface area contributed by atoms with Gasteiger partial charge in [-0.2, -0.15) is 0 Å². The highest BCUT2D eigenvalue weighted by atomic mass is 16.5. The van der Waals surface area contributed by atoms with Crippen LogP contribution in [0.4, 0.5) is 0 Å². The second-order valence-corrected chi connectivity index (χ2v) is 8.45. The fourth-order valence-electron chi connectivity index (χ4n) is 2.61. The Bertz CT molecular complexity index is 301. The van der Waals surface area contributed by atoms with Gasteiger partial charge in [0.15, 0.2) is 0 Å². The van der Waals surface area contributed by atoms with Crippen LogP contribution in [-0.4, -0.2) is 64.8 Å². The first-order chi connectivity index (χ1) is 12.9. The second kappa shape index (κ2) is 19.1. The monoisotopic (exact) mass is 388 g/mol. The lowest BCUT2D eigenvalue weighted by atomic mass is 9.99. The summed E-state index contributed by atoms with van der Waals surface area (Å²) >= 11 is 0. The van der Waals surface area contributed by atoms with Crippen molar-refractivity contribution in [2.24, 2.45) is 11.8 Å². The lowest BCUT2D eigenvalue weighted by molar-refractivity contribution is 0.0436. The van der Waals surface area contributed by atoms with E-state index in [9.17, 15) is 0 Å². The van der Waals surface area contributed by atoms with Gasteiger partial charge in [0.25, 0.3) is 0 Å². The maximum absolute atomic E-state index is 5.68. The van der Waals surface area contributed by atoms with Crippen molar-refractivity contribution in [2.45, 2.75) is 79.3 Å².